The van der Waals surface area contributed by atoms with Gasteiger partial charge in [0.05, 0.1) is 47.0 Å². The summed E-state index contributed by atoms with van der Waals surface area (Å²) in [4.78, 5) is 33.4. The quantitative estimate of drug-likeness (QED) is 0.202. The molecule has 13 heteroatoms. The van der Waals surface area contributed by atoms with Crippen molar-refractivity contribution in [1.29, 1.82) is 0 Å². The molecule has 1 amide bonds. The zero-order valence-corrected chi connectivity index (χ0v) is 25.1. The molecule has 4 rings (SSSR count). The lowest BCUT2D eigenvalue weighted by Gasteiger charge is -2.31. The van der Waals surface area contributed by atoms with Crippen molar-refractivity contribution in [2.45, 2.75) is 39.4 Å². The highest BCUT2D eigenvalue weighted by Crippen LogP contribution is 2.32. The highest BCUT2D eigenvalue weighted by Gasteiger charge is 2.35. The van der Waals surface area contributed by atoms with E-state index in [2.05, 4.69) is 0 Å². The zero-order chi connectivity index (χ0) is 32.2. The topological polar surface area (TPSA) is 98.6 Å². The molecule has 0 saturated heterocycles. The van der Waals surface area contributed by atoms with Crippen LogP contribution in [-0.4, -0.2) is 53.4 Å². The smallest absolute Gasteiger partial charge is 0.419 e. The molecule has 3 aromatic carbocycles. The van der Waals surface area contributed by atoms with Crippen LogP contribution in [-0.2, 0) is 27.2 Å². The fourth-order valence-electron chi connectivity index (χ4n) is 4.77. The number of halogens is 4. The number of rotatable bonds is 11. The van der Waals surface area contributed by atoms with E-state index in [4.69, 9.17) is 9.72 Å². The van der Waals surface area contributed by atoms with Gasteiger partial charge in [-0.3, -0.25) is 14.2 Å². The van der Waals surface area contributed by atoms with E-state index in [-0.39, 0.29) is 23.7 Å². The number of nitrogens with zero attached hydrogens (tertiary/aromatic N) is 3. The minimum Gasteiger partial charge on any atom is -0.494 e. The number of hydrogen-bond acceptors (Lipinski definition) is 6. The van der Waals surface area contributed by atoms with Crippen LogP contribution in [0.4, 0.5) is 17.6 Å². The molecule has 0 N–H and O–H groups in total. The van der Waals surface area contributed by atoms with Crippen LogP contribution in [0.2, 0.25) is 0 Å². The number of hydrogen-bond donors (Lipinski definition) is 0. The Morgan fingerprint density at radius 2 is 1.73 bits per heavy atom. The third kappa shape index (κ3) is 7.26. The monoisotopic (exact) mass is 633 g/mol. The number of alkyl halides is 3. The van der Waals surface area contributed by atoms with Crippen LogP contribution in [0.25, 0.3) is 16.6 Å². The maximum absolute atomic E-state index is 13.9. The molecule has 1 heterocycles. The molecule has 44 heavy (non-hydrogen) atoms. The second kappa shape index (κ2) is 13.2. The first-order valence-electron chi connectivity index (χ1n) is 13.9. The summed E-state index contributed by atoms with van der Waals surface area (Å²) in [6, 6.07) is 14.5. The van der Waals surface area contributed by atoms with Crippen LogP contribution in [0.5, 0.6) is 5.75 Å². The molecule has 1 unspecified atom stereocenters. The van der Waals surface area contributed by atoms with Crippen molar-refractivity contribution in [3.05, 3.63) is 99.9 Å². The van der Waals surface area contributed by atoms with Gasteiger partial charge in [-0.2, -0.15) is 13.2 Å². The summed E-state index contributed by atoms with van der Waals surface area (Å²) in [7, 11) is -3.58. The van der Waals surface area contributed by atoms with Gasteiger partial charge in [0.25, 0.3) is 5.56 Å². The Balaban J connectivity index is 1.83. The van der Waals surface area contributed by atoms with Crippen molar-refractivity contribution >= 4 is 26.6 Å². The lowest BCUT2D eigenvalue weighted by Crippen LogP contribution is -2.41. The molecule has 0 aliphatic rings. The Morgan fingerprint density at radius 1 is 1.05 bits per heavy atom. The fourth-order valence-corrected chi connectivity index (χ4v) is 5.53. The van der Waals surface area contributed by atoms with Crippen LogP contribution in [0, 0.1) is 5.82 Å². The fraction of sp³-hybridized carbons (Fsp3) is 0.323. The Labute approximate surface area is 251 Å². The van der Waals surface area contributed by atoms with Crippen molar-refractivity contribution in [1.82, 2.24) is 14.5 Å². The second-order valence-corrected chi connectivity index (χ2v) is 12.5. The highest BCUT2D eigenvalue weighted by atomic mass is 32.2. The molecule has 234 valence electrons. The Morgan fingerprint density at radius 3 is 2.36 bits per heavy atom. The van der Waals surface area contributed by atoms with E-state index in [0.717, 1.165) is 6.07 Å². The predicted molar refractivity (Wildman–Crippen MR) is 158 cm³/mol. The maximum atomic E-state index is 13.9. The summed E-state index contributed by atoms with van der Waals surface area (Å²) in [5, 5.41) is 0.301. The van der Waals surface area contributed by atoms with Crippen molar-refractivity contribution in [2.24, 2.45) is 0 Å². The average molecular weight is 634 g/mol. The molecule has 0 saturated carbocycles. The molecule has 0 fully saturated rings. The largest absolute Gasteiger partial charge is 0.494 e. The minimum absolute atomic E-state index is 0.107. The van der Waals surface area contributed by atoms with E-state index in [1.54, 1.807) is 55.5 Å². The average Bonchev–Trinajstić information content (AvgIpc) is 2.98. The molecular weight excluding hydrogens is 602 g/mol. The number of carbonyl (C=O) groups excluding carboxylic acids is 1. The zero-order valence-electron chi connectivity index (χ0n) is 24.3. The summed E-state index contributed by atoms with van der Waals surface area (Å²) in [6.07, 6.45) is -5.56. The second-order valence-electron chi connectivity index (χ2n) is 10.0. The first-order valence-corrected chi connectivity index (χ1v) is 15.7. The molecule has 0 spiro atoms. The molecule has 0 aliphatic heterocycles. The van der Waals surface area contributed by atoms with Gasteiger partial charge in [-0.25, -0.2) is 17.8 Å². The third-order valence-corrected chi connectivity index (χ3v) is 8.83. The van der Waals surface area contributed by atoms with Gasteiger partial charge in [0, 0.05) is 12.3 Å². The number of sulfone groups is 1. The lowest BCUT2D eigenvalue weighted by molar-refractivity contribution is -0.140. The van der Waals surface area contributed by atoms with Gasteiger partial charge in [-0.1, -0.05) is 25.1 Å². The molecule has 0 aliphatic carbocycles. The van der Waals surface area contributed by atoms with Gasteiger partial charge in [0.2, 0.25) is 5.91 Å². The summed E-state index contributed by atoms with van der Waals surface area (Å²) in [5.41, 5.74) is -1.33. The molecule has 1 aromatic heterocycles. The van der Waals surface area contributed by atoms with E-state index in [9.17, 15) is 35.6 Å². The van der Waals surface area contributed by atoms with Crippen molar-refractivity contribution in [3.63, 3.8) is 0 Å². The summed E-state index contributed by atoms with van der Waals surface area (Å²) < 4.78 is 85.7. The van der Waals surface area contributed by atoms with Gasteiger partial charge >= 0.3 is 6.18 Å². The first-order chi connectivity index (χ1) is 20.8. The standard InChI is InChI=1S/C31H31F4N3O5S/c1-4-43-23-13-11-22(12-14-23)38-29(36-27-9-7-6-8-24(27)30(38)40)20(3)37(16-17-44(41,42)5-2)28(39)19-21-10-15-26(32)25(18-21)31(33,34)35/h6-15,18,20H,4-5,16-17,19H2,1-3H3. The van der Waals surface area contributed by atoms with Crippen LogP contribution in [0.1, 0.15) is 43.8 Å². The maximum Gasteiger partial charge on any atom is 0.419 e. The van der Waals surface area contributed by atoms with E-state index in [1.807, 2.05) is 6.92 Å². The number of carbonyl (C=O) groups is 1. The predicted octanol–water partition coefficient (Wildman–Crippen LogP) is 5.51. The number of ether oxygens (including phenoxy) is 1. The van der Waals surface area contributed by atoms with Gasteiger partial charge < -0.3 is 9.64 Å². The normalized spacial score (nSPS) is 12.7. The number of benzene rings is 3. The van der Waals surface area contributed by atoms with Crippen LogP contribution < -0.4 is 10.3 Å². The van der Waals surface area contributed by atoms with Gasteiger partial charge in [0.15, 0.2) is 9.84 Å². The minimum atomic E-state index is -4.98. The molecule has 8 nitrogen and oxygen atoms in total. The number of fused-ring (bicyclic) bond motifs is 1. The molecule has 1 atom stereocenters. The highest BCUT2D eigenvalue weighted by molar-refractivity contribution is 7.91. The van der Waals surface area contributed by atoms with E-state index < -0.39 is 57.1 Å². The van der Waals surface area contributed by atoms with E-state index in [1.165, 1.54) is 16.4 Å². The molecule has 4 aromatic rings. The summed E-state index contributed by atoms with van der Waals surface area (Å²) in [5.74, 6) is -2.17. The van der Waals surface area contributed by atoms with E-state index >= 15 is 0 Å². The van der Waals surface area contributed by atoms with Crippen molar-refractivity contribution in [2.75, 3.05) is 24.7 Å². The Bertz CT molecular complexity index is 1820. The van der Waals surface area contributed by atoms with Crippen LogP contribution >= 0.6 is 0 Å². The Kier molecular flexibility index (Phi) is 9.77. The summed E-state index contributed by atoms with van der Waals surface area (Å²) >= 11 is 0. The lowest BCUT2D eigenvalue weighted by atomic mass is 10.1. The molecule has 0 bridgehead atoms. The molecular formula is C31H31F4N3O5S. The SMILES string of the molecule is CCOc1ccc(-n2c(C(C)N(CCS(=O)(=O)CC)C(=O)Cc3ccc(F)c(C(F)(F)F)c3)nc3ccccc3c2=O)cc1. The first kappa shape index (κ1) is 32.6. The van der Waals surface area contributed by atoms with Gasteiger partial charge in [-0.05, 0) is 67.9 Å². The van der Waals surface area contributed by atoms with Crippen LogP contribution in [0.15, 0.2) is 71.5 Å². The number of aromatic nitrogens is 2. The van der Waals surface area contributed by atoms with Crippen molar-refractivity contribution < 1.29 is 35.5 Å². The number of amides is 1. The summed E-state index contributed by atoms with van der Waals surface area (Å²) in [6.45, 7) is 4.94. The Hall–Kier alpha value is -4.26. The van der Waals surface area contributed by atoms with Gasteiger partial charge in [-0.15, -0.1) is 0 Å². The van der Waals surface area contributed by atoms with Gasteiger partial charge in [0.1, 0.15) is 17.4 Å². The van der Waals surface area contributed by atoms with Crippen molar-refractivity contribution in [3.8, 4) is 11.4 Å². The van der Waals surface area contributed by atoms with E-state index in [0.29, 0.717) is 41.1 Å². The van der Waals surface area contributed by atoms with Crippen LogP contribution in [0.3, 0.4) is 0 Å². The number of para-hydroxylation sites is 1. The third-order valence-electron chi connectivity index (χ3n) is 7.14. The molecule has 0 radical (unpaired) electrons.